The number of nitrogens with zero attached hydrogens (tertiary/aromatic N) is 2. The number of pyridine rings is 1. The Balaban J connectivity index is 2.64. The molecular formula is C13H21N5O. The minimum absolute atomic E-state index is 0.0367. The van der Waals surface area contributed by atoms with Gasteiger partial charge in [0.2, 0.25) is 5.96 Å². The van der Waals surface area contributed by atoms with Gasteiger partial charge in [-0.25, -0.2) is 9.78 Å². The van der Waals surface area contributed by atoms with E-state index in [1.54, 1.807) is 6.20 Å². The van der Waals surface area contributed by atoms with Crippen LogP contribution in [0.25, 0.3) is 0 Å². The molecule has 0 radical (unpaired) electrons. The van der Waals surface area contributed by atoms with E-state index in [2.05, 4.69) is 20.6 Å². The number of amides is 2. The van der Waals surface area contributed by atoms with Gasteiger partial charge in [-0.2, -0.15) is 4.99 Å². The van der Waals surface area contributed by atoms with Crippen molar-refractivity contribution < 1.29 is 4.79 Å². The van der Waals surface area contributed by atoms with Gasteiger partial charge < -0.3 is 11.1 Å². The van der Waals surface area contributed by atoms with Gasteiger partial charge in [-0.3, -0.25) is 5.32 Å². The van der Waals surface area contributed by atoms with Crippen LogP contribution in [0, 0.1) is 5.92 Å². The van der Waals surface area contributed by atoms with Gasteiger partial charge in [-0.05, 0) is 24.0 Å². The van der Waals surface area contributed by atoms with Crippen LogP contribution in [0.2, 0.25) is 0 Å². The zero-order valence-corrected chi connectivity index (χ0v) is 11.6. The SMILES string of the molecule is CCc1cccnc1/N=C(\N)NC(=O)NCC(C)C. The summed E-state index contributed by atoms with van der Waals surface area (Å²) in [5, 5.41) is 5.17. The average molecular weight is 263 g/mol. The van der Waals surface area contributed by atoms with E-state index in [1.165, 1.54) is 0 Å². The van der Waals surface area contributed by atoms with Gasteiger partial charge in [-0.15, -0.1) is 0 Å². The number of aromatic nitrogens is 1. The Kier molecular flexibility index (Phi) is 5.78. The number of aliphatic imine (C=N–C) groups is 1. The first-order valence-electron chi connectivity index (χ1n) is 6.35. The highest BCUT2D eigenvalue weighted by Gasteiger charge is 2.05. The first-order valence-corrected chi connectivity index (χ1v) is 6.35. The third kappa shape index (κ3) is 5.37. The molecule has 1 rings (SSSR count). The molecule has 1 heterocycles. The molecule has 0 unspecified atom stereocenters. The molecule has 0 saturated heterocycles. The summed E-state index contributed by atoms with van der Waals surface area (Å²) in [6, 6.07) is 3.42. The standard InChI is InChI=1S/C13H21N5O/c1-4-10-6-5-7-15-11(10)17-12(14)18-13(19)16-8-9(2)3/h5-7,9H,4,8H2,1-3H3,(H4,14,15,16,17,18,19). The van der Waals surface area contributed by atoms with Crippen LogP contribution in [0.4, 0.5) is 10.6 Å². The highest BCUT2D eigenvalue weighted by Crippen LogP contribution is 2.14. The Labute approximate surface area is 113 Å². The molecule has 0 fully saturated rings. The van der Waals surface area contributed by atoms with Gasteiger partial charge in [-0.1, -0.05) is 26.8 Å². The van der Waals surface area contributed by atoms with Gasteiger partial charge in [0.1, 0.15) is 0 Å². The lowest BCUT2D eigenvalue weighted by molar-refractivity contribution is 0.244. The summed E-state index contributed by atoms with van der Waals surface area (Å²) in [7, 11) is 0. The number of hydrogen-bond acceptors (Lipinski definition) is 3. The molecule has 0 aliphatic heterocycles. The third-order valence-electron chi connectivity index (χ3n) is 2.39. The second kappa shape index (κ2) is 7.35. The maximum atomic E-state index is 11.5. The average Bonchev–Trinajstić information content (AvgIpc) is 2.37. The van der Waals surface area contributed by atoms with Crippen LogP contribution >= 0.6 is 0 Å². The van der Waals surface area contributed by atoms with Crippen molar-refractivity contribution in [3.63, 3.8) is 0 Å². The highest BCUT2D eigenvalue weighted by molar-refractivity contribution is 5.96. The molecule has 0 aromatic carbocycles. The molecule has 0 bridgehead atoms. The van der Waals surface area contributed by atoms with Crippen LogP contribution < -0.4 is 16.4 Å². The first kappa shape index (κ1) is 14.9. The predicted octanol–water partition coefficient (Wildman–Crippen LogP) is 1.55. The monoisotopic (exact) mass is 263 g/mol. The molecule has 0 atom stereocenters. The summed E-state index contributed by atoms with van der Waals surface area (Å²) in [5.41, 5.74) is 6.66. The van der Waals surface area contributed by atoms with Gasteiger partial charge in [0.15, 0.2) is 5.82 Å². The van der Waals surface area contributed by atoms with Crippen molar-refractivity contribution in [1.29, 1.82) is 0 Å². The molecule has 0 spiro atoms. The number of carbonyl (C=O) groups is 1. The number of guanidine groups is 1. The number of urea groups is 1. The molecule has 1 aromatic rings. The number of aryl methyl sites for hydroxylation is 1. The summed E-state index contributed by atoms with van der Waals surface area (Å²) < 4.78 is 0. The predicted molar refractivity (Wildman–Crippen MR) is 76.3 cm³/mol. The number of nitrogens with two attached hydrogens (primary N) is 1. The second-order valence-electron chi connectivity index (χ2n) is 4.57. The van der Waals surface area contributed by atoms with Gasteiger partial charge in [0.05, 0.1) is 0 Å². The molecule has 0 aliphatic rings. The fourth-order valence-corrected chi connectivity index (χ4v) is 1.41. The molecule has 0 aliphatic carbocycles. The lowest BCUT2D eigenvalue weighted by atomic mass is 10.2. The van der Waals surface area contributed by atoms with E-state index in [4.69, 9.17) is 5.73 Å². The zero-order valence-electron chi connectivity index (χ0n) is 11.6. The summed E-state index contributed by atoms with van der Waals surface area (Å²) in [6.07, 6.45) is 2.45. The number of rotatable bonds is 4. The van der Waals surface area contributed by atoms with Crippen molar-refractivity contribution >= 4 is 17.8 Å². The molecule has 19 heavy (non-hydrogen) atoms. The zero-order chi connectivity index (χ0) is 14.3. The fourth-order valence-electron chi connectivity index (χ4n) is 1.41. The molecule has 6 nitrogen and oxygen atoms in total. The van der Waals surface area contributed by atoms with E-state index in [-0.39, 0.29) is 12.0 Å². The van der Waals surface area contributed by atoms with Crippen molar-refractivity contribution in [1.82, 2.24) is 15.6 Å². The largest absolute Gasteiger partial charge is 0.369 e. The Morgan fingerprint density at radius 2 is 2.26 bits per heavy atom. The van der Waals surface area contributed by atoms with Gasteiger partial charge in [0, 0.05) is 12.7 Å². The molecule has 104 valence electrons. The Morgan fingerprint density at radius 1 is 1.53 bits per heavy atom. The van der Waals surface area contributed by atoms with Crippen molar-refractivity contribution in [2.75, 3.05) is 6.54 Å². The molecule has 6 heteroatoms. The summed E-state index contributed by atoms with van der Waals surface area (Å²) in [6.45, 7) is 6.62. The quantitative estimate of drug-likeness (QED) is 0.568. The smallest absolute Gasteiger partial charge is 0.321 e. The number of nitrogens with one attached hydrogen (secondary N) is 2. The fraction of sp³-hybridized carbons (Fsp3) is 0.462. The first-order chi connectivity index (χ1) is 9.02. The van der Waals surface area contributed by atoms with E-state index in [1.807, 2.05) is 32.9 Å². The maximum absolute atomic E-state index is 11.5. The van der Waals surface area contributed by atoms with Crippen LogP contribution in [-0.4, -0.2) is 23.5 Å². The maximum Gasteiger partial charge on any atom is 0.321 e. The normalized spacial score (nSPS) is 11.5. The molecule has 2 amide bonds. The van der Waals surface area contributed by atoms with E-state index in [0.717, 1.165) is 12.0 Å². The van der Waals surface area contributed by atoms with Crippen LogP contribution in [0.5, 0.6) is 0 Å². The van der Waals surface area contributed by atoms with E-state index >= 15 is 0 Å². The van der Waals surface area contributed by atoms with Crippen molar-refractivity contribution in [3.05, 3.63) is 23.9 Å². The van der Waals surface area contributed by atoms with E-state index in [9.17, 15) is 4.79 Å². The van der Waals surface area contributed by atoms with Crippen LogP contribution in [0.15, 0.2) is 23.3 Å². The van der Waals surface area contributed by atoms with Crippen LogP contribution in [-0.2, 0) is 6.42 Å². The van der Waals surface area contributed by atoms with Crippen molar-refractivity contribution in [2.45, 2.75) is 27.2 Å². The third-order valence-corrected chi connectivity index (χ3v) is 2.39. The van der Waals surface area contributed by atoms with E-state index < -0.39 is 0 Å². The second-order valence-corrected chi connectivity index (χ2v) is 4.57. The Hall–Kier alpha value is -2.11. The van der Waals surface area contributed by atoms with Crippen LogP contribution in [0.3, 0.4) is 0 Å². The minimum atomic E-state index is -0.357. The van der Waals surface area contributed by atoms with E-state index in [0.29, 0.717) is 18.3 Å². The van der Waals surface area contributed by atoms with Crippen molar-refractivity contribution in [2.24, 2.45) is 16.6 Å². The van der Waals surface area contributed by atoms with Gasteiger partial charge in [0.25, 0.3) is 0 Å². The highest BCUT2D eigenvalue weighted by atomic mass is 16.2. The lowest BCUT2D eigenvalue weighted by Crippen LogP contribution is -2.44. The topological polar surface area (TPSA) is 92.4 Å². The molecule has 1 aromatic heterocycles. The number of carbonyl (C=O) groups excluding carboxylic acids is 1. The minimum Gasteiger partial charge on any atom is -0.369 e. The Bertz CT molecular complexity index is 456. The molecular weight excluding hydrogens is 242 g/mol. The molecule has 4 N–H and O–H groups in total. The number of hydrogen-bond donors (Lipinski definition) is 3. The van der Waals surface area contributed by atoms with Gasteiger partial charge >= 0.3 is 6.03 Å². The van der Waals surface area contributed by atoms with Crippen molar-refractivity contribution in [3.8, 4) is 0 Å². The summed E-state index contributed by atoms with van der Waals surface area (Å²) in [5.74, 6) is 0.952. The Morgan fingerprint density at radius 3 is 2.89 bits per heavy atom. The molecule has 0 saturated carbocycles. The lowest BCUT2D eigenvalue weighted by Gasteiger charge is -2.09. The van der Waals surface area contributed by atoms with Crippen LogP contribution in [0.1, 0.15) is 26.3 Å². The summed E-state index contributed by atoms with van der Waals surface area (Å²) >= 11 is 0. The summed E-state index contributed by atoms with van der Waals surface area (Å²) in [4.78, 5) is 19.7.